The average molecular weight is 440 g/mol. The van der Waals surface area contributed by atoms with E-state index in [9.17, 15) is 27.6 Å². The molecule has 8 nitrogen and oxygen atoms in total. The van der Waals surface area contributed by atoms with Gasteiger partial charge >= 0.3 is 5.97 Å². The summed E-state index contributed by atoms with van der Waals surface area (Å²) in [4.78, 5) is 36.2. The molecule has 2 amide bonds. The number of esters is 1. The SMILES string of the molecule is COc1cc(OC)cc(C(=O)OC(C)C(=O)NCC(=O)Nc2ccc(F)c(F)c2F)c1. The molecular formula is C20H19F3N2O6. The quantitative estimate of drug-likeness (QED) is 0.483. The zero-order chi connectivity index (χ0) is 23.1. The number of carbonyl (C=O) groups is 3. The largest absolute Gasteiger partial charge is 0.497 e. The van der Waals surface area contributed by atoms with Crippen molar-refractivity contribution in [1.82, 2.24) is 5.32 Å². The summed E-state index contributed by atoms with van der Waals surface area (Å²) in [6.45, 7) is 0.643. The Bertz CT molecular complexity index is 977. The van der Waals surface area contributed by atoms with E-state index in [1.54, 1.807) is 6.07 Å². The maximum absolute atomic E-state index is 13.6. The minimum absolute atomic E-state index is 0.0717. The van der Waals surface area contributed by atoms with Crippen LogP contribution in [-0.4, -0.2) is 44.7 Å². The molecule has 0 aromatic heterocycles. The predicted octanol–water partition coefficient (Wildman–Crippen LogP) is 2.42. The molecule has 1 atom stereocenters. The molecule has 1 unspecified atom stereocenters. The van der Waals surface area contributed by atoms with Crippen molar-refractivity contribution in [2.24, 2.45) is 0 Å². The Kier molecular flexibility index (Phi) is 7.83. The van der Waals surface area contributed by atoms with Gasteiger partial charge in [0.2, 0.25) is 5.91 Å². The van der Waals surface area contributed by atoms with Gasteiger partial charge in [-0.2, -0.15) is 0 Å². The lowest BCUT2D eigenvalue weighted by Crippen LogP contribution is -2.40. The van der Waals surface area contributed by atoms with Gasteiger partial charge in [-0.25, -0.2) is 18.0 Å². The van der Waals surface area contributed by atoms with Crippen molar-refractivity contribution >= 4 is 23.5 Å². The molecule has 0 spiro atoms. The lowest BCUT2D eigenvalue weighted by atomic mass is 10.2. The van der Waals surface area contributed by atoms with Gasteiger partial charge in [0.1, 0.15) is 11.5 Å². The summed E-state index contributed by atoms with van der Waals surface area (Å²) in [5.74, 6) is -6.61. The van der Waals surface area contributed by atoms with E-state index >= 15 is 0 Å². The third-order valence-corrected chi connectivity index (χ3v) is 3.97. The summed E-state index contributed by atoms with van der Waals surface area (Å²) in [7, 11) is 2.80. The first kappa shape index (κ1) is 23.5. The predicted molar refractivity (Wildman–Crippen MR) is 102 cm³/mol. The second kappa shape index (κ2) is 10.3. The molecule has 0 aliphatic carbocycles. The Morgan fingerprint density at radius 1 is 0.968 bits per heavy atom. The third-order valence-electron chi connectivity index (χ3n) is 3.97. The van der Waals surface area contributed by atoms with E-state index in [1.165, 1.54) is 33.3 Å². The Balaban J connectivity index is 1.92. The van der Waals surface area contributed by atoms with E-state index in [2.05, 4.69) is 5.32 Å². The van der Waals surface area contributed by atoms with Crippen LogP contribution in [0, 0.1) is 17.5 Å². The number of benzene rings is 2. The van der Waals surface area contributed by atoms with Crippen LogP contribution in [0.2, 0.25) is 0 Å². The van der Waals surface area contributed by atoms with Crippen molar-refractivity contribution in [2.75, 3.05) is 26.1 Å². The highest BCUT2D eigenvalue weighted by Crippen LogP contribution is 2.23. The van der Waals surface area contributed by atoms with Crippen LogP contribution < -0.4 is 20.1 Å². The van der Waals surface area contributed by atoms with Crippen molar-refractivity contribution < 1.29 is 41.8 Å². The van der Waals surface area contributed by atoms with E-state index < -0.39 is 53.6 Å². The topological polar surface area (TPSA) is 103 Å². The van der Waals surface area contributed by atoms with E-state index in [0.29, 0.717) is 17.6 Å². The van der Waals surface area contributed by atoms with Crippen LogP contribution in [-0.2, 0) is 14.3 Å². The number of ether oxygens (including phenoxy) is 3. The minimum atomic E-state index is -1.74. The van der Waals surface area contributed by atoms with Gasteiger partial charge in [-0.15, -0.1) is 0 Å². The molecular weight excluding hydrogens is 421 g/mol. The first-order valence-electron chi connectivity index (χ1n) is 8.81. The summed E-state index contributed by atoms with van der Waals surface area (Å²) in [5.41, 5.74) is -0.521. The Morgan fingerprint density at radius 3 is 2.16 bits per heavy atom. The van der Waals surface area contributed by atoms with E-state index in [4.69, 9.17) is 14.2 Å². The average Bonchev–Trinajstić information content (AvgIpc) is 2.77. The number of anilines is 1. The van der Waals surface area contributed by atoms with Crippen LogP contribution in [0.1, 0.15) is 17.3 Å². The van der Waals surface area contributed by atoms with Crippen LogP contribution in [0.4, 0.5) is 18.9 Å². The molecule has 2 aromatic carbocycles. The van der Waals surface area contributed by atoms with Gasteiger partial charge in [-0.3, -0.25) is 9.59 Å². The summed E-state index contributed by atoms with van der Waals surface area (Å²) in [6, 6.07) is 5.79. The standard InChI is InChI=1S/C20H19F3N2O6/c1-10(31-20(28)11-6-12(29-2)8-13(7-11)30-3)19(27)24-9-16(26)25-15-5-4-14(21)17(22)18(15)23/h4-8,10H,9H2,1-3H3,(H,24,27)(H,25,26). The molecule has 0 radical (unpaired) electrons. The fourth-order valence-electron chi connectivity index (χ4n) is 2.34. The van der Waals surface area contributed by atoms with Crippen molar-refractivity contribution in [3.63, 3.8) is 0 Å². The minimum Gasteiger partial charge on any atom is -0.497 e. The first-order valence-corrected chi connectivity index (χ1v) is 8.81. The third kappa shape index (κ3) is 6.11. The summed E-state index contributed by atoms with van der Waals surface area (Å²) >= 11 is 0. The van der Waals surface area contributed by atoms with Gasteiger partial charge in [0.25, 0.3) is 5.91 Å². The molecule has 0 saturated carbocycles. The van der Waals surface area contributed by atoms with Gasteiger partial charge in [0.15, 0.2) is 23.6 Å². The first-order chi connectivity index (χ1) is 14.7. The van der Waals surface area contributed by atoms with Crippen molar-refractivity contribution in [1.29, 1.82) is 0 Å². The Morgan fingerprint density at radius 2 is 1.58 bits per heavy atom. The van der Waals surface area contributed by atoms with Gasteiger partial charge in [0.05, 0.1) is 32.0 Å². The maximum Gasteiger partial charge on any atom is 0.339 e. The molecule has 0 aliphatic heterocycles. The lowest BCUT2D eigenvalue weighted by Gasteiger charge is -2.14. The van der Waals surface area contributed by atoms with Crippen LogP contribution in [0.5, 0.6) is 11.5 Å². The number of halogens is 3. The highest BCUT2D eigenvalue weighted by Gasteiger charge is 2.21. The van der Waals surface area contributed by atoms with Crippen LogP contribution in [0.15, 0.2) is 30.3 Å². The van der Waals surface area contributed by atoms with Crippen LogP contribution in [0.25, 0.3) is 0 Å². The van der Waals surface area contributed by atoms with Crippen LogP contribution in [0.3, 0.4) is 0 Å². The molecule has 166 valence electrons. The highest BCUT2D eigenvalue weighted by molar-refractivity contribution is 5.96. The van der Waals surface area contributed by atoms with Gasteiger partial charge in [0, 0.05) is 6.07 Å². The van der Waals surface area contributed by atoms with Gasteiger partial charge < -0.3 is 24.8 Å². The molecule has 11 heteroatoms. The second-order valence-corrected chi connectivity index (χ2v) is 6.14. The van der Waals surface area contributed by atoms with Gasteiger partial charge in [-0.1, -0.05) is 0 Å². The Labute approximate surface area is 175 Å². The number of hydrogen-bond donors (Lipinski definition) is 2. The second-order valence-electron chi connectivity index (χ2n) is 6.14. The number of methoxy groups -OCH3 is 2. The molecule has 0 heterocycles. The zero-order valence-electron chi connectivity index (χ0n) is 16.8. The van der Waals surface area contributed by atoms with E-state index in [-0.39, 0.29) is 5.56 Å². The number of nitrogens with one attached hydrogen (secondary N) is 2. The Hall–Kier alpha value is -3.76. The molecule has 2 aromatic rings. The van der Waals surface area contributed by atoms with E-state index in [0.717, 1.165) is 6.07 Å². The number of carbonyl (C=O) groups excluding carboxylic acids is 3. The lowest BCUT2D eigenvalue weighted by molar-refractivity contribution is -0.130. The normalized spacial score (nSPS) is 11.3. The number of amides is 2. The van der Waals surface area contributed by atoms with E-state index in [1.807, 2.05) is 5.32 Å². The van der Waals surface area contributed by atoms with Crippen LogP contribution >= 0.6 is 0 Å². The summed E-state index contributed by atoms with van der Waals surface area (Å²) in [5, 5.41) is 4.18. The molecule has 0 bridgehead atoms. The highest BCUT2D eigenvalue weighted by atomic mass is 19.2. The fourth-order valence-corrected chi connectivity index (χ4v) is 2.34. The molecule has 0 aliphatic rings. The van der Waals surface area contributed by atoms with Crippen molar-refractivity contribution in [3.8, 4) is 11.5 Å². The monoisotopic (exact) mass is 440 g/mol. The molecule has 0 saturated heterocycles. The maximum atomic E-state index is 13.6. The van der Waals surface area contributed by atoms with Crippen molar-refractivity contribution in [2.45, 2.75) is 13.0 Å². The summed E-state index contributed by atoms with van der Waals surface area (Å²) in [6.07, 6.45) is -1.28. The zero-order valence-corrected chi connectivity index (χ0v) is 16.8. The smallest absolute Gasteiger partial charge is 0.339 e. The van der Waals surface area contributed by atoms with Crippen molar-refractivity contribution in [3.05, 3.63) is 53.3 Å². The number of hydrogen-bond acceptors (Lipinski definition) is 6. The molecule has 0 fully saturated rings. The van der Waals surface area contributed by atoms with Gasteiger partial charge in [-0.05, 0) is 31.2 Å². The number of rotatable bonds is 8. The summed E-state index contributed by atoms with van der Waals surface area (Å²) < 4.78 is 54.8. The fraction of sp³-hybridized carbons (Fsp3) is 0.250. The molecule has 31 heavy (non-hydrogen) atoms. The molecule has 2 rings (SSSR count). The molecule has 2 N–H and O–H groups in total.